The van der Waals surface area contributed by atoms with Crippen LogP contribution in [0.4, 0.5) is 30.4 Å². The molecule has 2 aromatic heterocycles. The Hall–Kier alpha value is -5.49. The molecule has 0 aliphatic rings. The first-order valence-electron chi connectivity index (χ1n) is 13.8. The lowest BCUT2D eigenvalue weighted by Crippen LogP contribution is -2.15. The summed E-state index contributed by atoms with van der Waals surface area (Å²) in [4.78, 5) is 10.4. The van der Waals surface area contributed by atoms with Crippen LogP contribution in [0.2, 0.25) is 0 Å². The van der Waals surface area contributed by atoms with Crippen LogP contribution in [0.15, 0.2) is 146 Å². The molecule has 0 unspecified atom stereocenters. The highest BCUT2D eigenvalue weighted by atomic mass is 19.4. The number of halogens is 3. The third-order valence-electron chi connectivity index (χ3n) is 7.54. The Morgan fingerprint density at radius 3 is 1.63 bits per heavy atom. The molecule has 0 bridgehead atoms. The zero-order valence-corrected chi connectivity index (χ0v) is 22.8. The van der Waals surface area contributed by atoms with Crippen molar-refractivity contribution in [3.8, 4) is 22.4 Å². The van der Waals surface area contributed by atoms with Gasteiger partial charge in [-0.25, -0.2) is 4.98 Å². The van der Waals surface area contributed by atoms with Gasteiger partial charge in [-0.15, -0.1) is 0 Å². The first-order chi connectivity index (χ1) is 21.0. The minimum atomic E-state index is -4.55. The molecule has 3 nitrogen and oxygen atoms in total. The van der Waals surface area contributed by atoms with Crippen molar-refractivity contribution in [3.63, 3.8) is 0 Å². The number of pyridine rings is 2. The minimum absolute atomic E-state index is 0.185. The lowest BCUT2D eigenvalue weighted by atomic mass is 9.87. The molecule has 0 aliphatic heterocycles. The van der Waals surface area contributed by atoms with E-state index in [4.69, 9.17) is 0 Å². The Kier molecular flexibility index (Phi) is 6.59. The van der Waals surface area contributed by atoms with Gasteiger partial charge in [0.15, 0.2) is 0 Å². The zero-order chi connectivity index (χ0) is 29.4. The van der Waals surface area contributed by atoms with Crippen molar-refractivity contribution in [2.24, 2.45) is 0 Å². The fourth-order valence-corrected chi connectivity index (χ4v) is 5.70. The number of anilines is 3. The van der Waals surface area contributed by atoms with Crippen LogP contribution in [0.25, 0.3) is 43.9 Å². The van der Waals surface area contributed by atoms with Crippen LogP contribution < -0.4 is 4.90 Å². The van der Waals surface area contributed by atoms with E-state index in [0.717, 1.165) is 50.0 Å². The van der Waals surface area contributed by atoms with Crippen molar-refractivity contribution in [2.45, 2.75) is 6.18 Å². The van der Waals surface area contributed by atoms with Gasteiger partial charge in [-0.1, -0.05) is 91.0 Å². The first kappa shape index (κ1) is 26.4. The van der Waals surface area contributed by atoms with Crippen molar-refractivity contribution in [2.75, 3.05) is 4.90 Å². The van der Waals surface area contributed by atoms with E-state index in [1.54, 1.807) is 11.0 Å². The molecule has 0 radical (unpaired) electrons. The van der Waals surface area contributed by atoms with Crippen LogP contribution in [0, 0.1) is 0 Å². The summed E-state index contributed by atoms with van der Waals surface area (Å²) in [5.41, 5.74) is 4.53. The molecule has 0 saturated heterocycles. The Balaban J connectivity index is 1.41. The molecule has 5 aromatic carbocycles. The summed E-state index contributed by atoms with van der Waals surface area (Å²) in [5.74, 6) is 0.185. The topological polar surface area (TPSA) is 29.0 Å². The average Bonchev–Trinajstić information content (AvgIpc) is 3.05. The third-order valence-corrected chi connectivity index (χ3v) is 7.54. The number of rotatable bonds is 5. The third kappa shape index (κ3) is 4.87. The average molecular weight is 568 g/mol. The van der Waals surface area contributed by atoms with Gasteiger partial charge in [0.1, 0.15) is 11.5 Å². The molecule has 208 valence electrons. The van der Waals surface area contributed by atoms with Crippen LogP contribution in [0.3, 0.4) is 0 Å². The Morgan fingerprint density at radius 1 is 0.488 bits per heavy atom. The van der Waals surface area contributed by atoms with Crippen LogP contribution in [0.1, 0.15) is 5.69 Å². The maximum absolute atomic E-state index is 13.6. The van der Waals surface area contributed by atoms with E-state index in [2.05, 4.69) is 34.2 Å². The number of aromatic nitrogens is 2. The molecular weight excluding hydrogens is 543 g/mol. The van der Waals surface area contributed by atoms with E-state index in [1.807, 2.05) is 103 Å². The molecule has 6 heteroatoms. The largest absolute Gasteiger partial charge is 0.433 e. The van der Waals surface area contributed by atoms with Crippen LogP contribution in [-0.2, 0) is 6.18 Å². The molecule has 7 rings (SSSR count). The van der Waals surface area contributed by atoms with Gasteiger partial charge < -0.3 is 0 Å². The SMILES string of the molecule is FC(F)(F)c1cccc(N(c2ccccc2)c2ccc(-c3c4ccccc4c(-c4ccccn4)c4ccccc34)cc2)n1. The van der Waals surface area contributed by atoms with Crippen molar-refractivity contribution >= 4 is 38.7 Å². The van der Waals surface area contributed by atoms with E-state index in [1.165, 1.54) is 6.07 Å². The molecule has 0 N–H and O–H groups in total. The van der Waals surface area contributed by atoms with E-state index in [-0.39, 0.29) is 5.82 Å². The summed E-state index contributed by atoms with van der Waals surface area (Å²) in [5, 5.41) is 4.37. The van der Waals surface area contributed by atoms with Gasteiger partial charge in [-0.2, -0.15) is 13.2 Å². The zero-order valence-electron chi connectivity index (χ0n) is 22.8. The van der Waals surface area contributed by atoms with Crippen molar-refractivity contribution < 1.29 is 13.2 Å². The highest BCUT2D eigenvalue weighted by Crippen LogP contribution is 2.44. The number of hydrogen-bond donors (Lipinski definition) is 0. The van der Waals surface area contributed by atoms with Gasteiger partial charge in [0, 0.05) is 23.1 Å². The number of nitrogens with zero attached hydrogens (tertiary/aromatic N) is 3. The van der Waals surface area contributed by atoms with Crippen molar-refractivity contribution in [3.05, 3.63) is 151 Å². The number of hydrogen-bond acceptors (Lipinski definition) is 3. The van der Waals surface area contributed by atoms with Crippen LogP contribution in [0.5, 0.6) is 0 Å². The maximum Gasteiger partial charge on any atom is 0.433 e. The summed E-state index contributed by atoms with van der Waals surface area (Å²) in [6, 6.07) is 43.7. The summed E-state index contributed by atoms with van der Waals surface area (Å²) in [7, 11) is 0. The van der Waals surface area contributed by atoms with Gasteiger partial charge in [0.25, 0.3) is 0 Å². The maximum atomic E-state index is 13.6. The number of fused-ring (bicyclic) bond motifs is 2. The van der Waals surface area contributed by atoms with Crippen molar-refractivity contribution in [1.29, 1.82) is 0 Å². The summed E-state index contributed by atoms with van der Waals surface area (Å²) in [6.07, 6.45) is -2.74. The molecule has 0 fully saturated rings. The molecule has 43 heavy (non-hydrogen) atoms. The smallest absolute Gasteiger partial charge is 0.295 e. The number of benzene rings is 5. The van der Waals surface area contributed by atoms with E-state index in [0.29, 0.717) is 11.4 Å². The van der Waals surface area contributed by atoms with Gasteiger partial charge in [-0.3, -0.25) is 9.88 Å². The fraction of sp³-hybridized carbons (Fsp3) is 0.0270. The molecule has 7 aromatic rings. The molecule has 2 heterocycles. The second kappa shape index (κ2) is 10.7. The Bertz CT molecular complexity index is 2000. The normalized spacial score (nSPS) is 11.6. The van der Waals surface area contributed by atoms with E-state index < -0.39 is 11.9 Å². The summed E-state index contributed by atoms with van der Waals surface area (Å²) in [6.45, 7) is 0. The second-order valence-electron chi connectivity index (χ2n) is 10.2. The van der Waals surface area contributed by atoms with Gasteiger partial charge in [0.2, 0.25) is 0 Å². The lowest BCUT2D eigenvalue weighted by molar-refractivity contribution is -0.141. The summed E-state index contributed by atoms with van der Waals surface area (Å²) >= 11 is 0. The second-order valence-corrected chi connectivity index (χ2v) is 10.2. The van der Waals surface area contributed by atoms with Crippen LogP contribution in [-0.4, -0.2) is 9.97 Å². The lowest BCUT2D eigenvalue weighted by Gasteiger charge is -2.25. The first-order valence-corrected chi connectivity index (χ1v) is 13.8. The molecular formula is C37H24F3N3. The van der Waals surface area contributed by atoms with Gasteiger partial charge in [0.05, 0.1) is 5.69 Å². The number of alkyl halides is 3. The highest BCUT2D eigenvalue weighted by Gasteiger charge is 2.33. The standard InChI is InChI=1S/C37H24F3N3/c38-37(39,40)33-18-10-19-34(42-33)43(26-11-2-1-3-12-26)27-22-20-25(21-23-27)35-28-13-4-6-15-30(28)36(32-17-8-9-24-41-32)31-16-7-5-14-29(31)35/h1-24H. The summed E-state index contributed by atoms with van der Waals surface area (Å²) < 4.78 is 40.8. The molecule has 0 aliphatic carbocycles. The van der Waals surface area contributed by atoms with E-state index >= 15 is 0 Å². The number of para-hydroxylation sites is 1. The van der Waals surface area contributed by atoms with E-state index in [9.17, 15) is 13.2 Å². The monoisotopic (exact) mass is 567 g/mol. The predicted molar refractivity (Wildman–Crippen MR) is 168 cm³/mol. The van der Waals surface area contributed by atoms with Gasteiger partial charge >= 0.3 is 6.18 Å². The quantitative estimate of drug-likeness (QED) is 0.194. The molecule has 0 saturated carbocycles. The minimum Gasteiger partial charge on any atom is -0.295 e. The molecule has 0 amide bonds. The predicted octanol–water partition coefficient (Wildman–Crippen LogP) is 10.6. The Morgan fingerprint density at radius 2 is 1.05 bits per heavy atom. The molecule has 0 atom stereocenters. The van der Waals surface area contributed by atoms with Crippen LogP contribution >= 0.6 is 0 Å². The van der Waals surface area contributed by atoms with Gasteiger partial charge in [-0.05, 0) is 81.2 Å². The molecule has 0 spiro atoms. The van der Waals surface area contributed by atoms with Crippen molar-refractivity contribution in [1.82, 2.24) is 9.97 Å². The fourth-order valence-electron chi connectivity index (χ4n) is 5.70. The highest BCUT2D eigenvalue weighted by molar-refractivity contribution is 6.21. The Labute approximate surface area is 246 Å².